The van der Waals surface area contributed by atoms with Crippen LogP contribution in [0.2, 0.25) is 0 Å². The number of nitrogens with two attached hydrogens (primary N) is 1. The van der Waals surface area contributed by atoms with Gasteiger partial charge in [0, 0.05) is 6.42 Å². The molecule has 0 aromatic heterocycles. The largest absolute Gasteiger partial charge is 0.481 e. The highest BCUT2D eigenvalue weighted by atomic mass is 16.7. The Labute approximate surface area is 112 Å². The number of rotatable bonds is 8. The molecule has 0 spiro atoms. The molecule has 0 fully saturated rings. The minimum Gasteiger partial charge on any atom is -0.481 e. The molecule has 0 saturated carbocycles. The molecule has 0 aliphatic heterocycles. The molecule has 1 aromatic carbocycles. The van der Waals surface area contributed by atoms with E-state index in [1.807, 2.05) is 30.3 Å². The first-order chi connectivity index (χ1) is 9.13. The van der Waals surface area contributed by atoms with Crippen molar-refractivity contribution < 1.29 is 19.5 Å². The molecule has 0 amide bonds. The lowest BCUT2D eigenvalue weighted by atomic mass is 9.94. The van der Waals surface area contributed by atoms with Crippen molar-refractivity contribution in [1.82, 2.24) is 0 Å². The summed E-state index contributed by atoms with van der Waals surface area (Å²) in [5, 5.41) is 8.56. The van der Waals surface area contributed by atoms with Gasteiger partial charge in [-0.05, 0) is 24.8 Å². The van der Waals surface area contributed by atoms with Gasteiger partial charge in [-0.2, -0.15) is 5.90 Å². The Bertz CT molecular complexity index is 405. The monoisotopic (exact) mass is 265 g/mol. The van der Waals surface area contributed by atoms with Crippen LogP contribution in [0.25, 0.3) is 0 Å². The molecule has 5 heteroatoms. The molecule has 104 valence electrons. The summed E-state index contributed by atoms with van der Waals surface area (Å²) < 4.78 is 0. The van der Waals surface area contributed by atoms with Crippen LogP contribution in [-0.2, 0) is 20.8 Å². The number of carbonyl (C=O) groups excluding carboxylic acids is 1. The molecule has 5 nitrogen and oxygen atoms in total. The molecular weight excluding hydrogens is 246 g/mol. The Morgan fingerprint density at radius 1 is 1.21 bits per heavy atom. The summed E-state index contributed by atoms with van der Waals surface area (Å²) in [6.07, 6.45) is 2.48. The average molecular weight is 265 g/mol. The fraction of sp³-hybridized carbons (Fsp3) is 0.429. The highest BCUT2D eigenvalue weighted by Gasteiger charge is 2.19. The topological polar surface area (TPSA) is 89.6 Å². The van der Waals surface area contributed by atoms with Crippen molar-refractivity contribution in [2.24, 2.45) is 11.8 Å². The number of hydrogen-bond donors (Lipinski definition) is 2. The Kier molecular flexibility index (Phi) is 6.60. The molecule has 3 N–H and O–H groups in total. The Morgan fingerprint density at radius 3 is 2.47 bits per heavy atom. The van der Waals surface area contributed by atoms with Gasteiger partial charge >= 0.3 is 11.9 Å². The number of carbonyl (C=O) groups is 2. The third-order valence-electron chi connectivity index (χ3n) is 2.97. The van der Waals surface area contributed by atoms with Crippen molar-refractivity contribution in [3.8, 4) is 0 Å². The SMILES string of the molecule is NOC(=O)C(CCCCC(=O)O)Cc1ccccc1. The van der Waals surface area contributed by atoms with Crippen molar-refractivity contribution in [1.29, 1.82) is 0 Å². The molecule has 0 aliphatic rings. The Morgan fingerprint density at radius 2 is 1.89 bits per heavy atom. The van der Waals surface area contributed by atoms with E-state index in [4.69, 9.17) is 11.0 Å². The maximum Gasteiger partial charge on any atom is 0.327 e. The predicted molar refractivity (Wildman–Crippen MR) is 70.0 cm³/mol. The normalized spacial score (nSPS) is 11.8. The third-order valence-corrected chi connectivity index (χ3v) is 2.97. The first kappa shape index (κ1) is 15.2. The molecule has 0 bridgehead atoms. The maximum absolute atomic E-state index is 11.6. The lowest BCUT2D eigenvalue weighted by Gasteiger charge is -2.13. The second-order valence-electron chi connectivity index (χ2n) is 4.46. The van der Waals surface area contributed by atoms with Crippen molar-refractivity contribution in [2.75, 3.05) is 0 Å². The van der Waals surface area contributed by atoms with Crippen molar-refractivity contribution >= 4 is 11.9 Å². The van der Waals surface area contributed by atoms with Crippen molar-refractivity contribution in [3.63, 3.8) is 0 Å². The van der Waals surface area contributed by atoms with Gasteiger partial charge in [-0.25, -0.2) is 0 Å². The number of benzene rings is 1. The summed E-state index contributed by atoms with van der Waals surface area (Å²) >= 11 is 0. The van der Waals surface area contributed by atoms with E-state index in [1.165, 1.54) is 0 Å². The minimum atomic E-state index is -0.819. The molecule has 19 heavy (non-hydrogen) atoms. The zero-order valence-corrected chi connectivity index (χ0v) is 10.7. The van der Waals surface area contributed by atoms with E-state index < -0.39 is 11.9 Å². The summed E-state index contributed by atoms with van der Waals surface area (Å²) in [5.41, 5.74) is 1.04. The van der Waals surface area contributed by atoms with Gasteiger partial charge in [0.25, 0.3) is 0 Å². The van der Waals surface area contributed by atoms with E-state index >= 15 is 0 Å². The summed E-state index contributed by atoms with van der Waals surface area (Å²) in [6.45, 7) is 0. The second-order valence-corrected chi connectivity index (χ2v) is 4.46. The van der Waals surface area contributed by atoms with Gasteiger partial charge in [-0.15, -0.1) is 0 Å². The number of aliphatic carboxylic acids is 1. The van der Waals surface area contributed by atoms with Crippen LogP contribution >= 0.6 is 0 Å². The van der Waals surface area contributed by atoms with Crippen LogP contribution in [0.3, 0.4) is 0 Å². The van der Waals surface area contributed by atoms with Crippen molar-refractivity contribution in [2.45, 2.75) is 32.1 Å². The van der Waals surface area contributed by atoms with Gasteiger partial charge in [0.05, 0.1) is 5.92 Å². The zero-order valence-electron chi connectivity index (χ0n) is 10.7. The fourth-order valence-electron chi connectivity index (χ4n) is 1.97. The van der Waals surface area contributed by atoms with Crippen LogP contribution in [-0.4, -0.2) is 17.0 Å². The molecular formula is C14H19NO4. The minimum absolute atomic E-state index is 0.121. The maximum atomic E-state index is 11.6. The molecule has 1 aromatic rings. The van der Waals surface area contributed by atoms with E-state index in [2.05, 4.69) is 4.84 Å². The van der Waals surface area contributed by atoms with E-state index in [1.54, 1.807) is 0 Å². The summed E-state index contributed by atoms with van der Waals surface area (Å²) in [7, 11) is 0. The lowest BCUT2D eigenvalue weighted by Crippen LogP contribution is -2.23. The van der Waals surface area contributed by atoms with E-state index in [0.717, 1.165) is 5.56 Å². The fourth-order valence-corrected chi connectivity index (χ4v) is 1.97. The second kappa shape index (κ2) is 8.26. The van der Waals surface area contributed by atoms with E-state index in [9.17, 15) is 9.59 Å². The van der Waals surface area contributed by atoms with E-state index in [-0.39, 0.29) is 12.3 Å². The summed E-state index contributed by atoms with van der Waals surface area (Å²) in [5.74, 6) is 3.35. The van der Waals surface area contributed by atoms with Gasteiger partial charge in [-0.3, -0.25) is 9.59 Å². The van der Waals surface area contributed by atoms with Crippen LogP contribution in [0.15, 0.2) is 30.3 Å². The molecule has 1 rings (SSSR count). The third kappa shape index (κ3) is 6.01. The standard InChI is InChI=1S/C14H19NO4/c15-19-14(18)12(8-4-5-9-13(16)17)10-11-6-2-1-3-7-11/h1-3,6-7,12H,4-5,8-10,15H2,(H,16,17). The predicted octanol–water partition coefficient (Wildman–Crippen LogP) is 1.91. The van der Waals surface area contributed by atoms with Crippen LogP contribution in [0.4, 0.5) is 0 Å². The Balaban J connectivity index is 2.48. The first-order valence-corrected chi connectivity index (χ1v) is 6.29. The zero-order chi connectivity index (χ0) is 14.1. The molecule has 0 heterocycles. The van der Waals surface area contributed by atoms with Crippen molar-refractivity contribution in [3.05, 3.63) is 35.9 Å². The van der Waals surface area contributed by atoms with Crippen LogP contribution in [0.1, 0.15) is 31.2 Å². The smallest absolute Gasteiger partial charge is 0.327 e. The van der Waals surface area contributed by atoms with Crippen LogP contribution in [0, 0.1) is 5.92 Å². The highest BCUT2D eigenvalue weighted by molar-refractivity contribution is 5.72. The number of carboxylic acid groups (broad SMARTS) is 1. The van der Waals surface area contributed by atoms with Crippen LogP contribution in [0.5, 0.6) is 0 Å². The number of hydrogen-bond acceptors (Lipinski definition) is 4. The lowest BCUT2D eigenvalue weighted by molar-refractivity contribution is -0.149. The van der Waals surface area contributed by atoms with Crippen LogP contribution < -0.4 is 5.90 Å². The van der Waals surface area contributed by atoms with Gasteiger partial charge in [-0.1, -0.05) is 36.8 Å². The molecule has 0 radical (unpaired) electrons. The highest BCUT2D eigenvalue weighted by Crippen LogP contribution is 2.17. The summed E-state index contributed by atoms with van der Waals surface area (Å²) in [4.78, 5) is 26.3. The molecule has 0 aliphatic carbocycles. The quantitative estimate of drug-likeness (QED) is 0.553. The molecule has 1 unspecified atom stereocenters. The summed E-state index contributed by atoms with van der Waals surface area (Å²) in [6, 6.07) is 9.60. The first-order valence-electron chi connectivity index (χ1n) is 6.29. The molecule has 1 atom stereocenters. The Hall–Kier alpha value is -1.88. The average Bonchev–Trinajstić information content (AvgIpc) is 2.42. The number of unbranched alkanes of at least 4 members (excludes halogenated alkanes) is 1. The van der Waals surface area contributed by atoms with E-state index in [0.29, 0.717) is 25.7 Å². The van der Waals surface area contributed by atoms with Gasteiger partial charge in [0.1, 0.15) is 0 Å². The van der Waals surface area contributed by atoms with Gasteiger partial charge in [0.2, 0.25) is 0 Å². The number of carboxylic acids is 1. The van der Waals surface area contributed by atoms with Gasteiger partial charge in [0.15, 0.2) is 0 Å². The molecule has 0 saturated heterocycles. The van der Waals surface area contributed by atoms with Gasteiger partial charge < -0.3 is 9.94 Å².